The third kappa shape index (κ3) is 4.42. The maximum Gasteiger partial charge on any atom is 0.259 e. The molecule has 0 aliphatic carbocycles. The second-order valence-corrected chi connectivity index (χ2v) is 9.61. The van der Waals surface area contributed by atoms with Crippen molar-refractivity contribution in [2.75, 3.05) is 5.32 Å². The van der Waals surface area contributed by atoms with E-state index in [1.165, 1.54) is 11.8 Å². The maximum atomic E-state index is 13.2. The van der Waals surface area contributed by atoms with Crippen LogP contribution in [-0.4, -0.2) is 39.0 Å². The first-order valence-electron chi connectivity index (χ1n) is 10.5. The summed E-state index contributed by atoms with van der Waals surface area (Å²) in [6.07, 6.45) is 0.683. The fraction of sp³-hybridized carbons (Fsp3) is 0.333. The molecule has 6 nitrogen and oxygen atoms in total. The summed E-state index contributed by atoms with van der Waals surface area (Å²) in [7, 11) is 0. The number of hydrogen-bond donors (Lipinski definition) is 1. The van der Waals surface area contributed by atoms with Crippen molar-refractivity contribution in [3.05, 3.63) is 59.7 Å². The minimum absolute atomic E-state index is 0.0734. The number of amides is 2. The average Bonchev–Trinajstić information content (AvgIpc) is 3.04. The monoisotopic (exact) mass is 434 g/mol. The SMILES string of the molecule is Cc1cccc(NC(=O)[C@@H](C)SC2=Nc3ccccc3C3=N[C@H](CC(C)C)C(=O)N23)c1. The number of nitrogens with one attached hydrogen (secondary N) is 1. The first kappa shape index (κ1) is 21.3. The van der Waals surface area contributed by atoms with Gasteiger partial charge in [-0.05, 0) is 56.0 Å². The number of anilines is 1. The van der Waals surface area contributed by atoms with Gasteiger partial charge >= 0.3 is 0 Å². The smallest absolute Gasteiger partial charge is 0.259 e. The minimum atomic E-state index is -0.442. The Morgan fingerprint density at radius 1 is 1.16 bits per heavy atom. The van der Waals surface area contributed by atoms with Gasteiger partial charge in [-0.1, -0.05) is 49.9 Å². The van der Waals surface area contributed by atoms with Gasteiger partial charge in [-0.2, -0.15) is 0 Å². The quantitative estimate of drug-likeness (QED) is 0.737. The first-order valence-corrected chi connectivity index (χ1v) is 11.4. The third-order valence-corrected chi connectivity index (χ3v) is 6.23. The molecular weight excluding hydrogens is 408 g/mol. The molecule has 0 aromatic heterocycles. The highest BCUT2D eigenvalue weighted by Crippen LogP contribution is 2.35. The molecule has 0 unspecified atom stereocenters. The summed E-state index contributed by atoms with van der Waals surface area (Å²) in [5.41, 5.74) is 3.45. The Labute approximate surface area is 186 Å². The van der Waals surface area contributed by atoms with Crippen LogP contribution in [0.1, 0.15) is 38.3 Å². The fourth-order valence-corrected chi connectivity index (χ4v) is 4.57. The zero-order valence-corrected chi connectivity index (χ0v) is 18.9. The molecule has 1 N–H and O–H groups in total. The van der Waals surface area contributed by atoms with Gasteiger partial charge in [0.25, 0.3) is 5.91 Å². The summed E-state index contributed by atoms with van der Waals surface area (Å²) < 4.78 is 0. The second kappa shape index (κ2) is 8.67. The number of aryl methyl sites for hydroxylation is 1. The second-order valence-electron chi connectivity index (χ2n) is 8.30. The summed E-state index contributed by atoms with van der Waals surface area (Å²) in [6.45, 7) is 7.97. The molecule has 2 atom stereocenters. The fourth-order valence-electron chi connectivity index (χ4n) is 3.66. The molecule has 0 fully saturated rings. The van der Waals surface area contributed by atoms with Crippen molar-refractivity contribution in [3.63, 3.8) is 0 Å². The van der Waals surface area contributed by atoms with E-state index < -0.39 is 11.3 Å². The lowest BCUT2D eigenvalue weighted by atomic mass is 10.0. The average molecular weight is 435 g/mol. The molecule has 0 radical (unpaired) electrons. The maximum absolute atomic E-state index is 13.2. The number of aliphatic imine (C=N–C) groups is 2. The number of carbonyl (C=O) groups excluding carboxylic acids is 2. The van der Waals surface area contributed by atoms with Crippen molar-refractivity contribution in [3.8, 4) is 0 Å². The summed E-state index contributed by atoms with van der Waals surface area (Å²) in [5, 5.41) is 3.01. The van der Waals surface area contributed by atoms with Crippen LogP contribution in [0.2, 0.25) is 0 Å². The van der Waals surface area contributed by atoms with Crippen LogP contribution >= 0.6 is 11.8 Å². The molecule has 2 aromatic rings. The van der Waals surface area contributed by atoms with Gasteiger partial charge in [-0.3, -0.25) is 14.6 Å². The number of fused-ring (bicyclic) bond motifs is 3. The highest BCUT2D eigenvalue weighted by Gasteiger charge is 2.42. The van der Waals surface area contributed by atoms with Crippen LogP contribution in [0.5, 0.6) is 0 Å². The van der Waals surface area contributed by atoms with E-state index in [9.17, 15) is 9.59 Å². The number of thioether (sulfide) groups is 1. The van der Waals surface area contributed by atoms with Gasteiger partial charge in [0.15, 0.2) is 5.17 Å². The highest BCUT2D eigenvalue weighted by molar-refractivity contribution is 8.15. The number of para-hydroxylation sites is 1. The normalized spacial score (nSPS) is 18.3. The van der Waals surface area contributed by atoms with E-state index in [0.29, 0.717) is 23.3 Å². The van der Waals surface area contributed by atoms with Crippen LogP contribution in [0.15, 0.2) is 58.5 Å². The Morgan fingerprint density at radius 2 is 1.94 bits per heavy atom. The van der Waals surface area contributed by atoms with Crippen molar-refractivity contribution in [1.29, 1.82) is 0 Å². The standard InChI is InChI=1S/C24H26N4O2S/c1-14(2)12-20-23(30)28-21(26-20)18-10-5-6-11-19(18)27-24(28)31-16(4)22(29)25-17-9-7-8-15(3)13-17/h5-11,13-14,16,20H,12H2,1-4H3,(H,25,29)/t16-,20-/m1/s1. The van der Waals surface area contributed by atoms with Gasteiger partial charge in [0.05, 0.1) is 10.9 Å². The Morgan fingerprint density at radius 3 is 2.68 bits per heavy atom. The predicted molar refractivity (Wildman–Crippen MR) is 127 cm³/mol. The zero-order valence-electron chi connectivity index (χ0n) is 18.1. The lowest BCUT2D eigenvalue weighted by Crippen LogP contribution is -2.42. The number of benzene rings is 2. The van der Waals surface area contributed by atoms with E-state index in [2.05, 4.69) is 19.2 Å². The van der Waals surface area contributed by atoms with Gasteiger partial charge in [-0.15, -0.1) is 0 Å². The van der Waals surface area contributed by atoms with E-state index >= 15 is 0 Å². The van der Waals surface area contributed by atoms with Crippen LogP contribution < -0.4 is 5.32 Å². The molecule has 7 heteroatoms. The van der Waals surface area contributed by atoms with E-state index in [1.807, 2.05) is 62.4 Å². The summed E-state index contributed by atoms with van der Waals surface area (Å²) >= 11 is 1.28. The van der Waals surface area contributed by atoms with Crippen LogP contribution in [0.25, 0.3) is 0 Å². The topological polar surface area (TPSA) is 74.1 Å². The number of rotatable bonds is 5. The summed E-state index contributed by atoms with van der Waals surface area (Å²) in [4.78, 5) is 37.1. The largest absolute Gasteiger partial charge is 0.325 e. The van der Waals surface area contributed by atoms with Crippen LogP contribution in [0.3, 0.4) is 0 Å². The molecule has 0 spiro atoms. The number of hydrogen-bond acceptors (Lipinski definition) is 5. The Hall–Kier alpha value is -2.93. The molecule has 160 valence electrons. The molecule has 2 aliphatic heterocycles. The van der Waals surface area contributed by atoms with Crippen LogP contribution in [0.4, 0.5) is 11.4 Å². The van der Waals surface area contributed by atoms with Crippen LogP contribution in [0, 0.1) is 12.8 Å². The zero-order chi connectivity index (χ0) is 22.1. The Kier molecular flexibility index (Phi) is 5.96. The van der Waals surface area contributed by atoms with Gasteiger partial charge < -0.3 is 5.32 Å². The summed E-state index contributed by atoms with van der Waals surface area (Å²) in [6, 6.07) is 14.9. The van der Waals surface area contributed by atoms with Crippen LogP contribution in [-0.2, 0) is 9.59 Å². The summed E-state index contributed by atoms with van der Waals surface area (Å²) in [5.74, 6) is 0.772. The molecule has 2 aromatic carbocycles. The van der Waals surface area contributed by atoms with Crippen molar-refractivity contribution in [2.24, 2.45) is 15.9 Å². The molecule has 2 amide bonds. The lowest BCUT2D eigenvalue weighted by Gasteiger charge is -2.27. The Bertz CT molecular complexity index is 1090. The van der Waals surface area contributed by atoms with Gasteiger partial charge in [0.1, 0.15) is 11.9 Å². The van der Waals surface area contributed by atoms with E-state index in [4.69, 9.17) is 9.98 Å². The molecule has 0 saturated heterocycles. The molecule has 4 rings (SSSR count). The molecule has 0 bridgehead atoms. The highest BCUT2D eigenvalue weighted by atomic mass is 32.2. The van der Waals surface area contributed by atoms with E-state index in [-0.39, 0.29) is 11.8 Å². The minimum Gasteiger partial charge on any atom is -0.325 e. The molecular formula is C24H26N4O2S. The molecule has 0 saturated carbocycles. The predicted octanol–water partition coefficient (Wildman–Crippen LogP) is 4.76. The van der Waals surface area contributed by atoms with Crippen molar-refractivity contribution in [2.45, 2.75) is 45.4 Å². The Balaban J connectivity index is 1.59. The molecule has 31 heavy (non-hydrogen) atoms. The third-order valence-electron chi connectivity index (χ3n) is 5.18. The number of carbonyl (C=O) groups is 2. The van der Waals surface area contributed by atoms with Crippen molar-refractivity contribution in [1.82, 2.24) is 4.90 Å². The number of amidine groups is 2. The van der Waals surface area contributed by atoms with Gasteiger partial charge in [0, 0.05) is 11.3 Å². The lowest BCUT2D eigenvalue weighted by molar-refractivity contribution is -0.125. The molecule has 2 heterocycles. The first-order chi connectivity index (χ1) is 14.8. The van der Waals surface area contributed by atoms with Gasteiger partial charge in [-0.25, -0.2) is 9.89 Å². The number of nitrogens with zero attached hydrogens (tertiary/aromatic N) is 3. The molecule has 2 aliphatic rings. The van der Waals surface area contributed by atoms with E-state index in [1.54, 1.807) is 4.90 Å². The van der Waals surface area contributed by atoms with E-state index in [0.717, 1.165) is 22.5 Å². The van der Waals surface area contributed by atoms with Gasteiger partial charge in [0.2, 0.25) is 5.91 Å². The van der Waals surface area contributed by atoms with Crippen molar-refractivity contribution < 1.29 is 9.59 Å². The van der Waals surface area contributed by atoms with Crippen molar-refractivity contribution >= 4 is 46.0 Å².